The van der Waals surface area contributed by atoms with Crippen molar-refractivity contribution in [2.24, 2.45) is 11.3 Å². The summed E-state index contributed by atoms with van der Waals surface area (Å²) < 4.78 is 15.4. The minimum Gasteiger partial charge on any atom is -0.355 e. The van der Waals surface area contributed by atoms with Crippen molar-refractivity contribution in [3.05, 3.63) is 89.5 Å². The number of piperidine rings is 1. The highest BCUT2D eigenvalue weighted by Gasteiger charge is 2.67. The van der Waals surface area contributed by atoms with Crippen molar-refractivity contribution < 1.29 is 23.6 Å². The Bertz CT molecular complexity index is 2100. The monoisotopic (exact) mass is 770 g/mol. The Balaban J connectivity index is 1.33. The molecule has 0 unspecified atom stereocenters. The number of allylic oxidation sites excluding steroid dienone is 2. The van der Waals surface area contributed by atoms with Gasteiger partial charge in [0.15, 0.2) is 11.6 Å². The molecule has 1 aliphatic heterocycles. The van der Waals surface area contributed by atoms with E-state index in [-0.39, 0.29) is 52.2 Å². The zero-order valence-electron chi connectivity index (χ0n) is 29.3. The van der Waals surface area contributed by atoms with Gasteiger partial charge in [-0.2, -0.15) is 5.10 Å². The molecule has 3 amide bonds. The number of benzene rings is 1. The fourth-order valence-electron chi connectivity index (χ4n) is 7.11. The van der Waals surface area contributed by atoms with Gasteiger partial charge >= 0.3 is 0 Å². The topological polar surface area (TPSA) is 152 Å². The largest absolute Gasteiger partial charge is 0.355 e. The van der Waals surface area contributed by atoms with Gasteiger partial charge in [-0.15, -0.1) is 13.2 Å². The smallest absolute Gasteiger partial charge is 0.248 e. The number of hydrogen-bond acceptors (Lipinski definition) is 8. The van der Waals surface area contributed by atoms with E-state index in [0.29, 0.717) is 55.4 Å². The van der Waals surface area contributed by atoms with Crippen LogP contribution >= 0.6 is 15.9 Å². The zero-order valence-corrected chi connectivity index (χ0v) is 30.9. The molecule has 14 heteroatoms. The Hall–Kier alpha value is -5.11. The van der Waals surface area contributed by atoms with Crippen molar-refractivity contribution in [1.82, 2.24) is 34.9 Å². The highest BCUT2D eigenvalue weighted by atomic mass is 79.9. The van der Waals surface area contributed by atoms with Crippen LogP contribution in [0.1, 0.15) is 61.4 Å². The first kappa shape index (κ1) is 36.7. The first-order valence-electron chi connectivity index (χ1n) is 17.1. The Morgan fingerprint density at radius 3 is 2.54 bits per heavy atom. The van der Waals surface area contributed by atoms with E-state index in [1.807, 2.05) is 19.1 Å². The summed E-state index contributed by atoms with van der Waals surface area (Å²) >= 11 is 3.05. The molecule has 2 N–H and O–H groups in total. The molecule has 1 aliphatic carbocycles. The number of carbonyl (C=O) groups is 4. The molecule has 0 radical (unpaired) electrons. The van der Waals surface area contributed by atoms with Crippen LogP contribution in [0.3, 0.4) is 0 Å². The average molecular weight is 772 g/mol. The minimum atomic E-state index is -0.901. The summed E-state index contributed by atoms with van der Waals surface area (Å²) in [6.45, 7) is 12.8. The molecule has 0 spiro atoms. The number of hydrogen-bond donors (Lipinski definition) is 2. The third kappa shape index (κ3) is 7.29. The van der Waals surface area contributed by atoms with E-state index < -0.39 is 23.2 Å². The van der Waals surface area contributed by atoms with Crippen molar-refractivity contribution in [2.45, 2.75) is 71.5 Å². The SMILES string of the molecule is C=CCC[C@@H](C)C(=O)NC[C@@]12C[C@@H](C(=O)Nc3ccc(F)c(Br)n3)N(C(=O)Cn3nc(C(C)=O)c4cc(-c5cnc(C)nc5)cc(CC=C)c43)[C@@H]1C2. The maximum absolute atomic E-state index is 14.4. The first-order valence-corrected chi connectivity index (χ1v) is 17.9. The fraction of sp³-hybridized carbons (Fsp3) is 0.368. The van der Waals surface area contributed by atoms with E-state index >= 15 is 0 Å². The zero-order chi connectivity index (χ0) is 37.3. The van der Waals surface area contributed by atoms with E-state index in [0.717, 1.165) is 16.7 Å². The molecule has 1 saturated carbocycles. The lowest BCUT2D eigenvalue weighted by Crippen LogP contribution is -2.46. The van der Waals surface area contributed by atoms with Gasteiger partial charge in [0.2, 0.25) is 17.7 Å². The quantitative estimate of drug-likeness (QED) is 0.0936. The van der Waals surface area contributed by atoms with Crippen molar-refractivity contribution >= 4 is 56.2 Å². The maximum Gasteiger partial charge on any atom is 0.248 e. The lowest BCUT2D eigenvalue weighted by atomic mass is 9.98. The first-order chi connectivity index (χ1) is 24.8. The van der Waals surface area contributed by atoms with Crippen molar-refractivity contribution in [2.75, 3.05) is 11.9 Å². The number of fused-ring (bicyclic) bond motifs is 2. The number of aryl methyl sites for hydroxylation is 1. The number of pyridine rings is 1. The molecular formula is C38H40BrFN8O4. The van der Waals surface area contributed by atoms with Crippen LogP contribution in [0.4, 0.5) is 10.2 Å². The maximum atomic E-state index is 14.4. The number of likely N-dealkylation sites (tertiary alicyclic amines) is 1. The highest BCUT2D eigenvalue weighted by Crippen LogP contribution is 2.59. The Morgan fingerprint density at radius 2 is 1.87 bits per heavy atom. The Kier molecular flexibility index (Phi) is 10.5. The number of nitrogens with one attached hydrogen (secondary N) is 2. The molecule has 270 valence electrons. The lowest BCUT2D eigenvalue weighted by Gasteiger charge is -2.27. The number of nitrogens with zero attached hydrogens (tertiary/aromatic N) is 6. The molecule has 6 rings (SSSR count). The predicted molar refractivity (Wildman–Crippen MR) is 198 cm³/mol. The molecule has 3 aromatic heterocycles. The fourth-order valence-corrected chi connectivity index (χ4v) is 7.43. The second kappa shape index (κ2) is 14.9. The third-order valence-electron chi connectivity index (χ3n) is 9.95. The molecule has 1 aromatic carbocycles. The Labute approximate surface area is 309 Å². The van der Waals surface area contributed by atoms with Gasteiger partial charge in [0.05, 0.1) is 5.52 Å². The number of rotatable bonds is 14. The summed E-state index contributed by atoms with van der Waals surface area (Å²) in [5.74, 6) is -1.28. The van der Waals surface area contributed by atoms with Crippen molar-refractivity contribution in [3.63, 3.8) is 0 Å². The van der Waals surface area contributed by atoms with Crippen LogP contribution in [0.15, 0.2) is 66.6 Å². The van der Waals surface area contributed by atoms with Gasteiger partial charge < -0.3 is 15.5 Å². The van der Waals surface area contributed by atoms with Crippen molar-refractivity contribution in [1.29, 1.82) is 0 Å². The molecule has 2 aliphatic rings. The molecule has 1 saturated heterocycles. The predicted octanol–water partition coefficient (Wildman–Crippen LogP) is 5.75. The van der Waals surface area contributed by atoms with E-state index in [2.05, 4.69) is 59.8 Å². The molecular weight excluding hydrogens is 731 g/mol. The molecule has 52 heavy (non-hydrogen) atoms. The van der Waals surface area contributed by atoms with Gasteiger partial charge in [-0.25, -0.2) is 19.3 Å². The molecule has 12 nitrogen and oxygen atoms in total. The van der Waals surface area contributed by atoms with Crippen LogP contribution in [0, 0.1) is 24.1 Å². The second-order valence-electron chi connectivity index (χ2n) is 13.7. The summed E-state index contributed by atoms with van der Waals surface area (Å²) in [6.07, 6.45) is 9.66. The number of aromatic nitrogens is 5. The van der Waals surface area contributed by atoms with Crippen LogP contribution in [0.25, 0.3) is 22.0 Å². The number of ketones is 1. The summed E-state index contributed by atoms with van der Waals surface area (Å²) in [7, 11) is 0. The van der Waals surface area contributed by atoms with Crippen LogP contribution in [-0.2, 0) is 27.3 Å². The summed E-state index contributed by atoms with van der Waals surface area (Å²) in [5, 5.41) is 11.0. The van der Waals surface area contributed by atoms with Gasteiger partial charge in [-0.3, -0.25) is 23.9 Å². The number of halogens is 2. The van der Waals surface area contributed by atoms with Gasteiger partial charge in [0.25, 0.3) is 0 Å². The van der Waals surface area contributed by atoms with Crippen LogP contribution in [-0.4, -0.2) is 71.8 Å². The molecule has 4 heterocycles. The highest BCUT2D eigenvalue weighted by molar-refractivity contribution is 9.10. The van der Waals surface area contributed by atoms with Gasteiger partial charge in [0.1, 0.15) is 34.5 Å². The Morgan fingerprint density at radius 1 is 1.12 bits per heavy atom. The van der Waals surface area contributed by atoms with Crippen LogP contribution in [0.5, 0.6) is 0 Å². The van der Waals surface area contributed by atoms with E-state index in [9.17, 15) is 23.6 Å². The van der Waals surface area contributed by atoms with Gasteiger partial charge in [-0.05, 0) is 90.4 Å². The second-order valence-corrected chi connectivity index (χ2v) is 14.4. The standard InChI is InChI=1S/C38H40BrFN8O4/c1-6-8-10-21(3)36(51)43-20-38-15-29(37(52)45-31-12-11-28(40)35(39)44-31)48(30(38)16-38)32(50)19-47-34-24(9-7-2)13-25(26-17-41-23(5)42-18-26)14-27(34)33(46-47)22(4)49/h6-7,11-14,17-18,21,29-30H,1-2,8-10,15-16,19-20H2,3-5H3,(H,43,51)(H,44,45,52)/t21-,29+,30-,38+/m1/s1. The number of carbonyl (C=O) groups excluding carboxylic acids is 4. The molecule has 0 bridgehead atoms. The molecule has 2 fully saturated rings. The van der Waals surface area contributed by atoms with E-state index in [1.165, 1.54) is 23.7 Å². The van der Waals surface area contributed by atoms with Crippen LogP contribution in [0.2, 0.25) is 0 Å². The minimum absolute atomic E-state index is 0.0579. The van der Waals surface area contributed by atoms with E-state index in [4.69, 9.17) is 0 Å². The molecule has 4 atom stereocenters. The lowest BCUT2D eigenvalue weighted by molar-refractivity contribution is -0.138. The number of anilines is 1. The third-order valence-corrected chi connectivity index (χ3v) is 10.5. The molecule has 4 aromatic rings. The van der Waals surface area contributed by atoms with Crippen molar-refractivity contribution in [3.8, 4) is 11.1 Å². The van der Waals surface area contributed by atoms with Crippen LogP contribution < -0.4 is 10.6 Å². The van der Waals surface area contributed by atoms with E-state index in [1.54, 1.807) is 36.4 Å². The average Bonchev–Trinajstić information content (AvgIpc) is 3.52. The number of amides is 3. The summed E-state index contributed by atoms with van der Waals surface area (Å²) in [6, 6.07) is 5.11. The number of Topliss-reactive ketones (excluding diaryl/α,β-unsaturated/α-hetero) is 1. The normalized spacial score (nSPS) is 19.5. The van der Waals surface area contributed by atoms with Gasteiger partial charge in [0, 0.05) is 54.2 Å². The van der Waals surface area contributed by atoms with Gasteiger partial charge in [-0.1, -0.05) is 19.1 Å². The summed E-state index contributed by atoms with van der Waals surface area (Å²) in [4.78, 5) is 68.4. The summed E-state index contributed by atoms with van der Waals surface area (Å²) in [5.41, 5.74) is 2.67.